The standard InChI is InChI=1S/C12H13F2N3O3S/c1-6-5-16-12(20-6)7(2)17-21(18,19)10-4-8(15)3-9(13)11(10)14/h3-5,7,17H,15H2,1-2H3. The number of nitrogen functional groups attached to an aromatic ring is 1. The molecule has 3 N–H and O–H groups in total. The maximum Gasteiger partial charge on any atom is 0.244 e. The van der Waals surface area contributed by atoms with Crippen LogP contribution in [0.15, 0.2) is 27.6 Å². The van der Waals surface area contributed by atoms with Crippen LogP contribution in [0.2, 0.25) is 0 Å². The molecule has 0 saturated carbocycles. The van der Waals surface area contributed by atoms with Gasteiger partial charge in [-0.3, -0.25) is 0 Å². The Bertz CT molecular complexity index is 774. The molecule has 1 unspecified atom stereocenters. The van der Waals surface area contributed by atoms with Gasteiger partial charge < -0.3 is 10.2 Å². The zero-order valence-electron chi connectivity index (χ0n) is 11.2. The second-order valence-corrected chi connectivity index (χ2v) is 6.15. The van der Waals surface area contributed by atoms with Gasteiger partial charge in [-0.25, -0.2) is 22.2 Å². The van der Waals surface area contributed by atoms with Crippen LogP contribution in [0, 0.1) is 18.6 Å². The molecule has 0 aliphatic rings. The van der Waals surface area contributed by atoms with Gasteiger partial charge in [0.25, 0.3) is 0 Å². The molecule has 6 nitrogen and oxygen atoms in total. The minimum absolute atomic E-state index is 0.112. The van der Waals surface area contributed by atoms with E-state index in [2.05, 4.69) is 9.71 Å². The summed E-state index contributed by atoms with van der Waals surface area (Å²) in [6, 6.07) is 0.691. The second-order valence-electron chi connectivity index (χ2n) is 4.47. The van der Waals surface area contributed by atoms with Gasteiger partial charge in [-0.2, -0.15) is 4.72 Å². The van der Waals surface area contributed by atoms with Crippen LogP contribution in [0.5, 0.6) is 0 Å². The number of hydrogen-bond acceptors (Lipinski definition) is 5. The molecular weight excluding hydrogens is 304 g/mol. The molecule has 1 atom stereocenters. The summed E-state index contributed by atoms with van der Waals surface area (Å²) in [5.74, 6) is -2.22. The van der Waals surface area contributed by atoms with Gasteiger partial charge in [0.2, 0.25) is 15.9 Å². The molecule has 0 bridgehead atoms. The third-order valence-electron chi connectivity index (χ3n) is 2.65. The highest BCUT2D eigenvalue weighted by Crippen LogP contribution is 2.23. The molecule has 0 spiro atoms. The molecule has 0 aliphatic heterocycles. The van der Waals surface area contributed by atoms with Gasteiger partial charge in [0.1, 0.15) is 10.7 Å². The van der Waals surface area contributed by atoms with E-state index in [4.69, 9.17) is 10.2 Å². The summed E-state index contributed by atoms with van der Waals surface area (Å²) in [6.45, 7) is 3.11. The largest absolute Gasteiger partial charge is 0.444 e. The number of rotatable bonds is 4. The van der Waals surface area contributed by atoms with Crippen molar-refractivity contribution in [2.24, 2.45) is 0 Å². The maximum absolute atomic E-state index is 13.6. The van der Waals surface area contributed by atoms with Crippen molar-refractivity contribution in [1.29, 1.82) is 0 Å². The van der Waals surface area contributed by atoms with E-state index in [1.54, 1.807) is 6.92 Å². The predicted molar refractivity (Wildman–Crippen MR) is 70.7 cm³/mol. The minimum atomic E-state index is -4.32. The van der Waals surface area contributed by atoms with Crippen LogP contribution < -0.4 is 10.5 Å². The minimum Gasteiger partial charge on any atom is -0.444 e. The summed E-state index contributed by atoms with van der Waals surface area (Å²) >= 11 is 0. The Morgan fingerprint density at radius 1 is 1.38 bits per heavy atom. The van der Waals surface area contributed by atoms with E-state index in [0.29, 0.717) is 11.8 Å². The summed E-state index contributed by atoms with van der Waals surface area (Å²) in [5, 5.41) is 0. The number of nitrogens with one attached hydrogen (secondary N) is 1. The SMILES string of the molecule is Cc1cnc(C(C)NS(=O)(=O)c2cc(N)cc(F)c2F)o1. The van der Waals surface area contributed by atoms with E-state index in [1.165, 1.54) is 13.1 Å². The van der Waals surface area contributed by atoms with Crippen LogP contribution in [0.3, 0.4) is 0 Å². The van der Waals surface area contributed by atoms with Crippen molar-refractivity contribution in [2.45, 2.75) is 24.8 Å². The lowest BCUT2D eigenvalue weighted by Gasteiger charge is -2.12. The van der Waals surface area contributed by atoms with E-state index in [0.717, 1.165) is 6.07 Å². The van der Waals surface area contributed by atoms with Crippen molar-refractivity contribution in [2.75, 3.05) is 5.73 Å². The molecule has 1 heterocycles. The fraction of sp³-hybridized carbons (Fsp3) is 0.250. The fourth-order valence-electron chi connectivity index (χ4n) is 1.70. The Labute approximate surface area is 120 Å². The number of oxazole rings is 1. The van der Waals surface area contributed by atoms with Crippen molar-refractivity contribution in [3.63, 3.8) is 0 Å². The van der Waals surface area contributed by atoms with E-state index >= 15 is 0 Å². The first kappa shape index (κ1) is 15.4. The molecule has 114 valence electrons. The van der Waals surface area contributed by atoms with Crippen LogP contribution in [0.1, 0.15) is 24.6 Å². The number of nitrogens with zero attached hydrogens (tertiary/aromatic N) is 1. The van der Waals surface area contributed by atoms with E-state index in [9.17, 15) is 17.2 Å². The van der Waals surface area contributed by atoms with Gasteiger partial charge in [-0.15, -0.1) is 0 Å². The molecule has 0 aliphatic carbocycles. The van der Waals surface area contributed by atoms with Crippen molar-refractivity contribution in [3.05, 3.63) is 41.6 Å². The smallest absolute Gasteiger partial charge is 0.244 e. The topological polar surface area (TPSA) is 98.2 Å². The average Bonchev–Trinajstić information content (AvgIpc) is 2.80. The van der Waals surface area contributed by atoms with Gasteiger partial charge in [0.15, 0.2) is 11.6 Å². The highest BCUT2D eigenvalue weighted by molar-refractivity contribution is 7.89. The van der Waals surface area contributed by atoms with E-state index in [-0.39, 0.29) is 11.6 Å². The molecular formula is C12H13F2N3O3S. The summed E-state index contributed by atoms with van der Waals surface area (Å²) in [6.07, 6.45) is 1.42. The molecule has 0 fully saturated rings. The second kappa shape index (κ2) is 5.41. The number of benzene rings is 1. The Hall–Kier alpha value is -2.00. The molecule has 1 aromatic heterocycles. The lowest BCUT2D eigenvalue weighted by molar-refractivity contribution is 0.426. The summed E-state index contributed by atoms with van der Waals surface area (Å²) in [7, 11) is -4.32. The summed E-state index contributed by atoms with van der Waals surface area (Å²) < 4.78 is 58.4. The van der Waals surface area contributed by atoms with Crippen molar-refractivity contribution >= 4 is 15.7 Å². The summed E-state index contributed by atoms with van der Waals surface area (Å²) in [4.78, 5) is 3.00. The molecule has 9 heteroatoms. The third kappa shape index (κ3) is 3.19. The van der Waals surface area contributed by atoms with Gasteiger partial charge in [0.05, 0.1) is 12.2 Å². The van der Waals surface area contributed by atoms with Gasteiger partial charge in [0, 0.05) is 5.69 Å². The van der Waals surface area contributed by atoms with Gasteiger partial charge in [-0.1, -0.05) is 0 Å². The Morgan fingerprint density at radius 3 is 2.62 bits per heavy atom. The highest BCUT2D eigenvalue weighted by atomic mass is 32.2. The Morgan fingerprint density at radius 2 is 2.05 bits per heavy atom. The Balaban J connectivity index is 2.35. The fourth-order valence-corrected chi connectivity index (χ4v) is 3.02. The highest BCUT2D eigenvalue weighted by Gasteiger charge is 2.26. The zero-order valence-corrected chi connectivity index (χ0v) is 12.0. The number of nitrogens with two attached hydrogens (primary N) is 1. The number of halogens is 2. The monoisotopic (exact) mass is 317 g/mol. The lowest BCUT2D eigenvalue weighted by Crippen LogP contribution is -2.28. The number of hydrogen-bond donors (Lipinski definition) is 2. The molecule has 0 amide bonds. The first-order valence-electron chi connectivity index (χ1n) is 5.90. The quantitative estimate of drug-likeness (QED) is 0.839. The lowest BCUT2D eigenvalue weighted by atomic mass is 10.3. The third-order valence-corrected chi connectivity index (χ3v) is 4.19. The Kier molecular flexibility index (Phi) is 3.97. The molecule has 0 saturated heterocycles. The molecule has 1 aromatic carbocycles. The van der Waals surface area contributed by atoms with Gasteiger partial charge >= 0.3 is 0 Å². The van der Waals surface area contributed by atoms with Crippen molar-refractivity contribution < 1.29 is 21.6 Å². The first-order valence-corrected chi connectivity index (χ1v) is 7.38. The molecule has 2 aromatic rings. The van der Waals surface area contributed by atoms with Crippen LogP contribution in [-0.4, -0.2) is 13.4 Å². The number of anilines is 1. The average molecular weight is 317 g/mol. The molecule has 21 heavy (non-hydrogen) atoms. The van der Waals surface area contributed by atoms with Crippen LogP contribution in [-0.2, 0) is 10.0 Å². The number of aryl methyl sites for hydroxylation is 1. The molecule has 0 radical (unpaired) electrons. The van der Waals surface area contributed by atoms with Crippen molar-refractivity contribution in [3.8, 4) is 0 Å². The van der Waals surface area contributed by atoms with E-state index in [1.807, 2.05) is 0 Å². The molecule has 2 rings (SSSR count). The van der Waals surface area contributed by atoms with Crippen LogP contribution >= 0.6 is 0 Å². The predicted octanol–water partition coefficient (Wildman–Crippen LogP) is 1.88. The maximum atomic E-state index is 13.6. The van der Waals surface area contributed by atoms with Gasteiger partial charge in [-0.05, 0) is 26.0 Å². The normalized spacial score (nSPS) is 13.3. The summed E-state index contributed by atoms with van der Waals surface area (Å²) in [5.41, 5.74) is 5.14. The van der Waals surface area contributed by atoms with Crippen LogP contribution in [0.25, 0.3) is 0 Å². The number of aromatic nitrogens is 1. The van der Waals surface area contributed by atoms with Crippen molar-refractivity contribution in [1.82, 2.24) is 9.71 Å². The zero-order chi connectivity index (χ0) is 15.8. The van der Waals surface area contributed by atoms with E-state index < -0.39 is 32.6 Å². The number of sulfonamides is 1. The first-order chi connectivity index (χ1) is 9.70. The van der Waals surface area contributed by atoms with Crippen LogP contribution in [0.4, 0.5) is 14.5 Å².